The second-order valence-corrected chi connectivity index (χ2v) is 8.36. The summed E-state index contributed by atoms with van der Waals surface area (Å²) in [6, 6.07) is -0.0893. The first-order chi connectivity index (χ1) is 9.83. The molecule has 21 heavy (non-hydrogen) atoms. The Hall–Kier alpha value is -1.06. The zero-order valence-electron chi connectivity index (χ0n) is 13.7. The van der Waals surface area contributed by atoms with Crippen molar-refractivity contribution >= 4 is 11.9 Å². The van der Waals surface area contributed by atoms with Crippen molar-refractivity contribution in [2.24, 2.45) is 28.0 Å². The molecule has 0 radical (unpaired) electrons. The number of hydrogen-bond acceptors (Lipinski definition) is 2. The Labute approximate surface area is 128 Å². The molecule has 1 heterocycles. The predicted octanol–water partition coefficient (Wildman–Crippen LogP) is 3.55. The summed E-state index contributed by atoms with van der Waals surface area (Å²) in [5.41, 5.74) is 6.30. The molecule has 2 N–H and O–H groups in total. The van der Waals surface area contributed by atoms with Crippen molar-refractivity contribution in [1.82, 2.24) is 4.90 Å². The third-order valence-corrected chi connectivity index (χ3v) is 5.85. The Morgan fingerprint density at radius 3 is 2.57 bits per heavy atom. The van der Waals surface area contributed by atoms with E-state index < -0.39 is 0 Å². The lowest BCUT2D eigenvalue weighted by atomic mass is 9.76. The van der Waals surface area contributed by atoms with Gasteiger partial charge in [-0.2, -0.15) is 4.99 Å². The van der Waals surface area contributed by atoms with Crippen molar-refractivity contribution in [2.75, 3.05) is 6.54 Å². The molecule has 0 saturated heterocycles. The lowest BCUT2D eigenvalue weighted by molar-refractivity contribution is 0.150. The molecule has 0 aromatic heterocycles. The van der Waals surface area contributed by atoms with Crippen LogP contribution in [0.2, 0.25) is 0 Å². The number of carbonyl (C=O) groups excluding carboxylic acids is 1. The van der Waals surface area contributed by atoms with Gasteiger partial charge in [0, 0.05) is 6.54 Å². The van der Waals surface area contributed by atoms with Gasteiger partial charge in [0.25, 0.3) is 0 Å². The van der Waals surface area contributed by atoms with Crippen LogP contribution in [0.15, 0.2) is 4.99 Å². The fraction of sp³-hybridized carbons (Fsp3) is 0.882. The van der Waals surface area contributed by atoms with Crippen LogP contribution in [0, 0.1) is 17.3 Å². The second kappa shape index (κ2) is 4.99. The molecule has 4 nitrogen and oxygen atoms in total. The predicted molar refractivity (Wildman–Crippen MR) is 85.2 cm³/mol. The van der Waals surface area contributed by atoms with E-state index in [0.29, 0.717) is 23.1 Å². The molecular weight excluding hydrogens is 262 g/mol. The number of aliphatic imine (C=N–C) groups is 1. The highest BCUT2D eigenvalue weighted by atomic mass is 16.2. The fourth-order valence-corrected chi connectivity index (χ4v) is 4.12. The van der Waals surface area contributed by atoms with Gasteiger partial charge in [-0.05, 0) is 55.8 Å². The summed E-state index contributed by atoms with van der Waals surface area (Å²) in [7, 11) is 0. The molecule has 0 bridgehead atoms. The van der Waals surface area contributed by atoms with E-state index >= 15 is 0 Å². The molecule has 3 rings (SSSR count). The normalized spacial score (nSPS) is 34.2. The molecular formula is C17H29N3O. The Balaban J connectivity index is 1.80. The Morgan fingerprint density at radius 2 is 1.95 bits per heavy atom. The molecule has 0 aromatic carbocycles. The zero-order chi connectivity index (χ0) is 15.3. The van der Waals surface area contributed by atoms with E-state index in [1.54, 1.807) is 0 Å². The van der Waals surface area contributed by atoms with Crippen LogP contribution in [0.3, 0.4) is 0 Å². The number of rotatable bonds is 2. The summed E-state index contributed by atoms with van der Waals surface area (Å²) in [4.78, 5) is 18.4. The van der Waals surface area contributed by atoms with Gasteiger partial charge in [-0.15, -0.1) is 0 Å². The molecule has 2 aliphatic carbocycles. The maximum absolute atomic E-state index is 12.3. The minimum absolute atomic E-state index is 0.0893. The van der Waals surface area contributed by atoms with E-state index in [1.165, 1.54) is 19.3 Å². The van der Waals surface area contributed by atoms with E-state index in [-0.39, 0.29) is 11.6 Å². The quantitative estimate of drug-likeness (QED) is 0.845. The molecule has 2 atom stereocenters. The average Bonchev–Trinajstić information content (AvgIpc) is 3.17. The van der Waals surface area contributed by atoms with Gasteiger partial charge in [0.1, 0.15) is 11.4 Å². The number of amides is 2. The third kappa shape index (κ3) is 2.69. The van der Waals surface area contributed by atoms with Crippen LogP contribution < -0.4 is 5.73 Å². The highest BCUT2D eigenvalue weighted by Crippen LogP contribution is 2.45. The molecule has 1 aliphatic heterocycles. The number of hydrogen-bond donors (Lipinski definition) is 1. The van der Waals surface area contributed by atoms with Crippen LogP contribution in [0.1, 0.15) is 65.7 Å². The van der Waals surface area contributed by atoms with Gasteiger partial charge >= 0.3 is 6.03 Å². The van der Waals surface area contributed by atoms with Gasteiger partial charge in [0.05, 0.1) is 0 Å². The third-order valence-electron chi connectivity index (χ3n) is 5.85. The van der Waals surface area contributed by atoms with Gasteiger partial charge in [-0.1, -0.05) is 27.2 Å². The van der Waals surface area contributed by atoms with E-state index in [1.807, 2.05) is 4.90 Å². The van der Waals surface area contributed by atoms with Crippen molar-refractivity contribution in [1.29, 1.82) is 0 Å². The van der Waals surface area contributed by atoms with Gasteiger partial charge in [0.2, 0.25) is 0 Å². The van der Waals surface area contributed by atoms with Crippen LogP contribution in [0.4, 0.5) is 4.79 Å². The van der Waals surface area contributed by atoms with Crippen LogP contribution >= 0.6 is 0 Å². The van der Waals surface area contributed by atoms with Gasteiger partial charge < -0.3 is 10.6 Å². The minimum atomic E-state index is -0.264. The molecule has 2 saturated carbocycles. The Kier molecular flexibility index (Phi) is 3.53. The van der Waals surface area contributed by atoms with Crippen LogP contribution in [0.25, 0.3) is 0 Å². The molecule has 4 heteroatoms. The van der Waals surface area contributed by atoms with Crippen LogP contribution in [-0.2, 0) is 0 Å². The first kappa shape index (κ1) is 14.9. The van der Waals surface area contributed by atoms with Crippen molar-refractivity contribution in [3.05, 3.63) is 0 Å². The summed E-state index contributed by atoms with van der Waals surface area (Å²) < 4.78 is 0. The van der Waals surface area contributed by atoms with Crippen LogP contribution in [-0.4, -0.2) is 28.9 Å². The summed E-state index contributed by atoms with van der Waals surface area (Å²) in [5.74, 6) is 1.99. The first-order valence-corrected chi connectivity index (χ1v) is 8.49. The summed E-state index contributed by atoms with van der Waals surface area (Å²) in [6.07, 6.45) is 8.02. The standard InChI is InChI=1S/C17H29N3O/c1-16(2,3)13-5-4-9-17(10-8-13)14(18)19-15(21)20(17)11-12-6-7-12/h12-13H,4-11H2,1-3H3,(H2,18,19,21). The molecule has 2 fully saturated rings. The van der Waals surface area contributed by atoms with Crippen molar-refractivity contribution in [2.45, 2.75) is 71.3 Å². The lowest BCUT2D eigenvalue weighted by Crippen LogP contribution is -2.54. The summed E-state index contributed by atoms with van der Waals surface area (Å²) in [5, 5.41) is 0. The lowest BCUT2D eigenvalue weighted by Gasteiger charge is -2.38. The smallest absolute Gasteiger partial charge is 0.346 e. The highest BCUT2D eigenvalue weighted by molar-refractivity contribution is 6.05. The maximum atomic E-state index is 12.3. The second-order valence-electron chi connectivity index (χ2n) is 8.36. The molecule has 1 spiro atoms. The van der Waals surface area contributed by atoms with Gasteiger partial charge in [-0.3, -0.25) is 0 Å². The number of nitrogens with zero attached hydrogens (tertiary/aromatic N) is 2. The largest absolute Gasteiger partial charge is 0.385 e. The van der Waals surface area contributed by atoms with Crippen LogP contribution in [0.5, 0.6) is 0 Å². The van der Waals surface area contributed by atoms with E-state index in [9.17, 15) is 4.79 Å². The monoisotopic (exact) mass is 291 g/mol. The van der Waals surface area contributed by atoms with Crippen molar-refractivity contribution in [3.63, 3.8) is 0 Å². The van der Waals surface area contributed by atoms with Gasteiger partial charge in [0.15, 0.2) is 0 Å². The molecule has 0 aromatic rings. The van der Waals surface area contributed by atoms with E-state index in [0.717, 1.165) is 32.2 Å². The zero-order valence-corrected chi connectivity index (χ0v) is 13.7. The van der Waals surface area contributed by atoms with Crippen molar-refractivity contribution < 1.29 is 4.79 Å². The first-order valence-electron chi connectivity index (χ1n) is 8.49. The van der Waals surface area contributed by atoms with E-state index in [2.05, 4.69) is 25.8 Å². The number of amidine groups is 1. The number of urea groups is 1. The number of nitrogens with two attached hydrogens (primary N) is 1. The average molecular weight is 291 g/mol. The molecule has 3 aliphatic rings. The topological polar surface area (TPSA) is 58.7 Å². The molecule has 118 valence electrons. The molecule has 2 amide bonds. The van der Waals surface area contributed by atoms with Crippen molar-refractivity contribution in [3.8, 4) is 0 Å². The minimum Gasteiger partial charge on any atom is -0.385 e. The van der Waals surface area contributed by atoms with E-state index in [4.69, 9.17) is 5.73 Å². The summed E-state index contributed by atoms with van der Waals surface area (Å²) in [6.45, 7) is 7.85. The summed E-state index contributed by atoms with van der Waals surface area (Å²) >= 11 is 0. The Bertz CT molecular complexity index is 461. The SMILES string of the molecule is CC(C)(C)C1CCCC2(CC1)C(N)=NC(=O)N2CC1CC1. The maximum Gasteiger partial charge on any atom is 0.346 e. The molecule has 2 unspecified atom stereocenters. The highest BCUT2D eigenvalue weighted by Gasteiger charge is 2.50. The van der Waals surface area contributed by atoms with Gasteiger partial charge in [-0.25, -0.2) is 4.79 Å². The Morgan fingerprint density at radius 1 is 1.24 bits per heavy atom. The fourth-order valence-electron chi connectivity index (χ4n) is 4.12. The number of carbonyl (C=O) groups is 1.